The van der Waals surface area contributed by atoms with Crippen LogP contribution < -0.4 is 10.2 Å². The Kier molecular flexibility index (Phi) is 6.93. The predicted molar refractivity (Wildman–Crippen MR) is 103 cm³/mol. The van der Waals surface area contributed by atoms with E-state index in [0.29, 0.717) is 10.3 Å². The summed E-state index contributed by atoms with van der Waals surface area (Å²) in [5.74, 6) is -5.07. The van der Waals surface area contributed by atoms with Crippen LogP contribution in [0, 0.1) is 11.3 Å². The molecule has 1 heterocycles. The van der Waals surface area contributed by atoms with Gasteiger partial charge in [0.15, 0.2) is 0 Å². The summed E-state index contributed by atoms with van der Waals surface area (Å²) in [6, 6.07) is 9.25. The van der Waals surface area contributed by atoms with E-state index in [4.69, 9.17) is 9.57 Å². The van der Waals surface area contributed by atoms with Crippen molar-refractivity contribution in [2.75, 3.05) is 0 Å². The Labute approximate surface area is 172 Å². The first kappa shape index (κ1) is 22.6. The maximum atomic E-state index is 12.7. The van der Waals surface area contributed by atoms with Crippen molar-refractivity contribution in [3.05, 3.63) is 48.0 Å². The molecular formula is C20H24N2O8. The van der Waals surface area contributed by atoms with Gasteiger partial charge in [-0.05, 0) is 11.0 Å². The average molecular weight is 420 g/mol. The minimum atomic E-state index is -1.69. The Morgan fingerprint density at radius 2 is 1.60 bits per heavy atom. The number of amides is 1. The molecule has 1 unspecified atom stereocenters. The first-order valence-corrected chi connectivity index (χ1v) is 9.02. The number of carbonyl (C=O) groups excluding carboxylic acids is 2. The number of carboxylic acid groups (broad SMARTS) is 1. The number of hydrogen-bond acceptors (Lipinski definition) is 7. The number of ether oxygens (including phenoxy) is 1. The van der Waals surface area contributed by atoms with Gasteiger partial charge in [-0.1, -0.05) is 51.1 Å². The van der Waals surface area contributed by atoms with Crippen LogP contribution in [0.5, 0.6) is 11.8 Å². The number of nitrogens with zero attached hydrogens (tertiary/aromatic N) is 1. The van der Waals surface area contributed by atoms with E-state index in [-0.39, 0.29) is 6.61 Å². The number of aromatic nitrogens is 1. The first-order chi connectivity index (χ1) is 14.0. The molecule has 10 heteroatoms. The lowest BCUT2D eigenvalue weighted by atomic mass is 9.76. The van der Waals surface area contributed by atoms with Crippen molar-refractivity contribution in [1.29, 1.82) is 0 Å². The zero-order valence-electron chi connectivity index (χ0n) is 16.7. The van der Waals surface area contributed by atoms with E-state index >= 15 is 0 Å². The van der Waals surface area contributed by atoms with Gasteiger partial charge in [0.25, 0.3) is 0 Å². The van der Waals surface area contributed by atoms with Crippen molar-refractivity contribution >= 4 is 18.0 Å². The molecule has 0 aliphatic heterocycles. The second kappa shape index (κ2) is 9.21. The highest BCUT2D eigenvalue weighted by Crippen LogP contribution is 2.31. The lowest BCUT2D eigenvalue weighted by Crippen LogP contribution is -2.54. The summed E-state index contributed by atoms with van der Waals surface area (Å²) < 4.78 is 5.50. The molecule has 1 amide bonds. The third-order valence-corrected chi connectivity index (χ3v) is 4.25. The highest BCUT2D eigenvalue weighted by atomic mass is 16.7. The standard InChI is InChI=1S/C20H24N2O8/c1-20(2,3)15(18(27)30-22-13(23)9-10-14(22)24)16(17(25)26)21-19(28)29-11-12-7-5-4-6-8-12/h4-10,15-16,23-24H,11H2,1-3H3,(H,21,28)(H,25,26)/t15?,16-/m0/s1. The van der Waals surface area contributed by atoms with Crippen LogP contribution in [0.3, 0.4) is 0 Å². The topological polar surface area (TPSA) is 147 Å². The fourth-order valence-electron chi connectivity index (χ4n) is 2.81. The number of carboxylic acids is 1. The summed E-state index contributed by atoms with van der Waals surface area (Å²) in [6.07, 6.45) is -1.03. The smallest absolute Gasteiger partial charge is 0.408 e. The third-order valence-electron chi connectivity index (χ3n) is 4.25. The van der Waals surface area contributed by atoms with Crippen LogP contribution in [-0.2, 0) is 20.9 Å². The number of hydrogen-bond donors (Lipinski definition) is 4. The molecule has 30 heavy (non-hydrogen) atoms. The van der Waals surface area contributed by atoms with Crippen LogP contribution in [-0.4, -0.2) is 44.1 Å². The van der Waals surface area contributed by atoms with Gasteiger partial charge >= 0.3 is 18.0 Å². The molecule has 2 atom stereocenters. The van der Waals surface area contributed by atoms with Crippen molar-refractivity contribution in [2.45, 2.75) is 33.4 Å². The molecule has 162 valence electrons. The van der Waals surface area contributed by atoms with Crippen LogP contribution in [0.15, 0.2) is 42.5 Å². The van der Waals surface area contributed by atoms with E-state index in [2.05, 4.69) is 5.32 Å². The summed E-state index contributed by atoms with van der Waals surface area (Å²) >= 11 is 0. The van der Waals surface area contributed by atoms with E-state index in [1.54, 1.807) is 51.1 Å². The summed E-state index contributed by atoms with van der Waals surface area (Å²) in [5.41, 5.74) is -0.282. The number of carbonyl (C=O) groups is 3. The fraction of sp³-hybridized carbons (Fsp3) is 0.350. The van der Waals surface area contributed by atoms with Gasteiger partial charge in [-0.2, -0.15) is 0 Å². The van der Waals surface area contributed by atoms with E-state index < -0.39 is 47.2 Å². The number of benzene rings is 1. The summed E-state index contributed by atoms with van der Waals surface area (Å²) in [6.45, 7) is 4.67. The number of rotatable bonds is 7. The number of nitrogens with one attached hydrogen (secondary N) is 1. The average Bonchev–Trinajstić information content (AvgIpc) is 2.97. The monoisotopic (exact) mass is 420 g/mol. The van der Waals surface area contributed by atoms with E-state index in [9.17, 15) is 29.7 Å². The highest BCUT2D eigenvalue weighted by Gasteiger charge is 2.45. The molecule has 4 N–H and O–H groups in total. The largest absolute Gasteiger partial charge is 0.492 e. The summed E-state index contributed by atoms with van der Waals surface area (Å²) in [7, 11) is 0. The van der Waals surface area contributed by atoms with Gasteiger partial charge in [-0.25, -0.2) is 14.4 Å². The first-order valence-electron chi connectivity index (χ1n) is 9.02. The van der Waals surface area contributed by atoms with Crippen molar-refractivity contribution in [3.63, 3.8) is 0 Å². The second-order valence-electron chi connectivity index (χ2n) is 7.62. The molecular weight excluding hydrogens is 396 g/mol. The highest BCUT2D eigenvalue weighted by molar-refractivity contribution is 5.87. The summed E-state index contributed by atoms with van der Waals surface area (Å²) in [5, 5.41) is 31.1. The number of aliphatic carboxylic acids is 1. The fourth-order valence-corrected chi connectivity index (χ4v) is 2.81. The Hall–Kier alpha value is -3.69. The van der Waals surface area contributed by atoms with Gasteiger partial charge < -0.3 is 30.2 Å². The van der Waals surface area contributed by atoms with E-state index in [0.717, 1.165) is 12.1 Å². The Bertz CT molecular complexity index is 882. The molecule has 1 aromatic heterocycles. The minimum absolute atomic E-state index is 0.0885. The molecule has 1 aromatic carbocycles. The molecule has 0 bridgehead atoms. The third kappa shape index (κ3) is 5.66. The van der Waals surface area contributed by atoms with Crippen LogP contribution in [0.1, 0.15) is 26.3 Å². The van der Waals surface area contributed by atoms with E-state index in [1.165, 1.54) is 0 Å². The lowest BCUT2D eigenvalue weighted by Gasteiger charge is -2.33. The molecule has 0 saturated carbocycles. The molecule has 0 saturated heterocycles. The van der Waals surface area contributed by atoms with E-state index in [1.807, 2.05) is 0 Å². The molecule has 0 radical (unpaired) electrons. The van der Waals surface area contributed by atoms with Gasteiger partial charge in [0, 0.05) is 12.1 Å². The van der Waals surface area contributed by atoms with Gasteiger partial charge in [-0.15, -0.1) is 4.73 Å². The SMILES string of the molecule is CC(C)(C)C(C(=O)On1c(O)ccc1O)[C@H](NC(=O)OCc1ccccc1)C(=O)O. The Morgan fingerprint density at radius 3 is 2.10 bits per heavy atom. The van der Waals surface area contributed by atoms with Crippen molar-refractivity contribution in [3.8, 4) is 11.8 Å². The zero-order valence-corrected chi connectivity index (χ0v) is 16.7. The van der Waals surface area contributed by atoms with Crippen molar-refractivity contribution < 1.29 is 39.3 Å². The molecule has 2 aromatic rings. The maximum absolute atomic E-state index is 12.7. The Balaban J connectivity index is 2.17. The van der Waals surface area contributed by atoms with Gasteiger partial charge in [0.2, 0.25) is 11.8 Å². The van der Waals surface area contributed by atoms with Crippen LogP contribution in [0.2, 0.25) is 0 Å². The second-order valence-corrected chi connectivity index (χ2v) is 7.62. The quantitative estimate of drug-likeness (QED) is 0.531. The molecule has 10 nitrogen and oxygen atoms in total. The van der Waals surface area contributed by atoms with Gasteiger partial charge in [-0.3, -0.25) is 0 Å². The normalized spacial score (nSPS) is 13.2. The number of alkyl carbamates (subject to hydrolysis) is 1. The summed E-state index contributed by atoms with van der Waals surface area (Å²) in [4.78, 5) is 41.7. The van der Waals surface area contributed by atoms with Gasteiger partial charge in [0.05, 0.1) is 5.92 Å². The molecule has 2 rings (SSSR count). The van der Waals surface area contributed by atoms with Crippen LogP contribution in [0.25, 0.3) is 0 Å². The van der Waals surface area contributed by atoms with Crippen LogP contribution in [0.4, 0.5) is 4.79 Å². The zero-order chi connectivity index (χ0) is 22.5. The molecule has 0 aliphatic rings. The van der Waals surface area contributed by atoms with Crippen molar-refractivity contribution in [1.82, 2.24) is 10.0 Å². The molecule has 0 fully saturated rings. The lowest BCUT2D eigenvalue weighted by molar-refractivity contribution is -0.161. The molecule has 0 aliphatic carbocycles. The number of aromatic hydroxyl groups is 2. The maximum Gasteiger partial charge on any atom is 0.408 e. The van der Waals surface area contributed by atoms with Crippen LogP contribution >= 0.6 is 0 Å². The minimum Gasteiger partial charge on any atom is -0.492 e. The van der Waals surface area contributed by atoms with Crippen molar-refractivity contribution in [2.24, 2.45) is 11.3 Å². The van der Waals surface area contributed by atoms with Gasteiger partial charge in [0.1, 0.15) is 12.6 Å². The molecule has 0 spiro atoms. The predicted octanol–water partition coefficient (Wildman–Crippen LogP) is 1.90. The Morgan fingerprint density at radius 1 is 1.03 bits per heavy atom.